The summed E-state index contributed by atoms with van der Waals surface area (Å²) in [5.74, 6) is -14.7. The highest BCUT2D eigenvalue weighted by Crippen LogP contribution is 2.55. The number of azo groups is 1. The van der Waals surface area contributed by atoms with Gasteiger partial charge in [-0.25, -0.2) is 0 Å². The maximum Gasteiger partial charge on any atom is 0.460 e. The summed E-state index contributed by atoms with van der Waals surface area (Å²) in [7, 11) is -5.15. The minimum atomic E-state index is -7.37. The van der Waals surface area contributed by atoms with Crippen molar-refractivity contribution in [2.24, 2.45) is 10.2 Å². The van der Waals surface area contributed by atoms with Crippen LogP contribution in [0.1, 0.15) is 19.4 Å². The topological polar surface area (TPSA) is 74.1 Å². The molecule has 0 aliphatic carbocycles. The number of nitrogens with zero attached hydrogens (tertiary/aromatic N) is 3. The molecule has 0 atom stereocenters. The molecule has 1 heterocycles. The van der Waals surface area contributed by atoms with E-state index in [4.69, 9.17) is 0 Å². The Morgan fingerprint density at radius 1 is 0.868 bits per heavy atom. The maximum absolute atomic E-state index is 14.1. The Balaban J connectivity index is 1.94. The van der Waals surface area contributed by atoms with E-state index in [1.165, 1.54) is 12.3 Å². The first-order valence-corrected chi connectivity index (χ1v) is 11.9. The van der Waals surface area contributed by atoms with Crippen molar-refractivity contribution in [3.05, 3.63) is 66.0 Å². The smallest absolute Gasteiger partial charge is 0.346 e. The molecule has 0 amide bonds. The fourth-order valence-electron chi connectivity index (χ4n) is 3.76. The van der Waals surface area contributed by atoms with E-state index in [0.29, 0.717) is 5.70 Å². The van der Waals surface area contributed by atoms with Crippen molar-refractivity contribution in [3.8, 4) is 0 Å². The van der Waals surface area contributed by atoms with Crippen molar-refractivity contribution < 1.29 is 47.9 Å². The van der Waals surface area contributed by atoms with Crippen molar-refractivity contribution in [3.63, 3.8) is 0 Å². The van der Waals surface area contributed by atoms with Gasteiger partial charge in [-0.15, -0.1) is 5.11 Å². The zero-order valence-electron chi connectivity index (χ0n) is 19.7. The number of anilines is 2. The maximum atomic E-state index is 14.1. The fourth-order valence-corrected chi connectivity index (χ4v) is 4.82. The van der Waals surface area contributed by atoms with Gasteiger partial charge in [-0.05, 0) is 23.8 Å². The van der Waals surface area contributed by atoms with E-state index < -0.39 is 50.1 Å². The van der Waals surface area contributed by atoms with Gasteiger partial charge >= 0.3 is 33.3 Å². The average Bonchev–Trinajstić information content (AvgIpc) is 2.99. The summed E-state index contributed by atoms with van der Waals surface area (Å²) in [6.45, 7) is 3.75. The molecule has 0 radical (unpaired) electrons. The quantitative estimate of drug-likeness (QED) is 0.281. The predicted molar refractivity (Wildman–Crippen MR) is 120 cm³/mol. The molecule has 3 rings (SSSR count). The van der Waals surface area contributed by atoms with E-state index in [0.717, 1.165) is 34.2 Å². The monoisotopic (exact) mass is 574 g/mol. The average molecular weight is 574 g/mol. The zero-order valence-corrected chi connectivity index (χ0v) is 20.5. The van der Waals surface area contributed by atoms with Crippen LogP contribution < -0.4 is 9.62 Å². The lowest BCUT2D eigenvalue weighted by Crippen LogP contribution is -2.64. The number of sulfonamides is 1. The van der Waals surface area contributed by atoms with Crippen LogP contribution >= 0.6 is 0 Å². The molecule has 0 saturated carbocycles. The standard InChI is InChI=1S/C22H19F9N4O2S/c1-18(2)13-8-4-7-11-16(13)35(3)17(18)12-32-33-14-9-5-6-10-15(14)34-38(36,37)22(30,31)20(25,26)19(23,24)21(27,28)29/h4-12,34H,1-3H3/b17-12+,33-32?. The minimum absolute atomic E-state index is 0.523. The number of hydrogen-bond donors (Lipinski definition) is 1. The number of fused-ring (bicyclic) bond motifs is 1. The molecule has 1 N–H and O–H groups in total. The lowest BCUT2D eigenvalue weighted by Gasteiger charge is -2.33. The molecule has 0 spiro atoms. The number of halogens is 9. The predicted octanol–water partition coefficient (Wildman–Crippen LogP) is 7.21. The van der Waals surface area contributed by atoms with Crippen molar-refractivity contribution in [1.29, 1.82) is 0 Å². The summed E-state index contributed by atoms with van der Waals surface area (Å²) >= 11 is 0. The van der Waals surface area contributed by atoms with E-state index in [1.807, 2.05) is 38.1 Å². The van der Waals surface area contributed by atoms with E-state index in [-0.39, 0.29) is 0 Å². The highest BCUT2D eigenvalue weighted by Gasteiger charge is 2.85. The molecular formula is C22H19F9N4O2S. The van der Waals surface area contributed by atoms with E-state index in [2.05, 4.69) is 10.2 Å². The molecule has 16 heteroatoms. The molecule has 1 aliphatic heterocycles. The second kappa shape index (κ2) is 9.17. The summed E-state index contributed by atoms with van der Waals surface area (Å²) in [5.41, 5.74) is 0.388. The number of benzene rings is 2. The molecule has 0 aromatic heterocycles. The Labute approximate surface area is 210 Å². The highest BCUT2D eigenvalue weighted by molar-refractivity contribution is 7.93. The molecule has 2 aromatic rings. The SMILES string of the molecule is CN1/C(=C/N=Nc2ccccc2NS(=O)(=O)C(F)(F)C(F)(F)C(F)(F)C(F)(F)F)C(C)(C)c2ccccc21. The molecule has 0 unspecified atom stereocenters. The molecule has 208 valence electrons. The number of hydrogen-bond acceptors (Lipinski definition) is 5. The van der Waals surface area contributed by atoms with Gasteiger partial charge < -0.3 is 4.90 Å². The summed E-state index contributed by atoms with van der Waals surface area (Å²) in [6.07, 6.45) is -5.90. The van der Waals surface area contributed by atoms with Crippen LogP contribution in [0, 0.1) is 0 Å². The molecular weight excluding hydrogens is 555 g/mol. The summed E-state index contributed by atoms with van der Waals surface area (Å²) in [4.78, 5) is 1.78. The molecule has 0 fully saturated rings. The Kier molecular flexibility index (Phi) is 7.06. The second-order valence-corrected chi connectivity index (χ2v) is 10.4. The van der Waals surface area contributed by atoms with Crippen LogP contribution in [0.4, 0.5) is 56.6 Å². The second-order valence-electron chi connectivity index (χ2n) is 8.72. The van der Waals surface area contributed by atoms with Crippen molar-refractivity contribution >= 4 is 27.1 Å². The van der Waals surface area contributed by atoms with Gasteiger partial charge in [0.25, 0.3) is 0 Å². The largest absolute Gasteiger partial charge is 0.460 e. The summed E-state index contributed by atoms with van der Waals surface area (Å²) in [5, 5.41) is 0.596. The third-order valence-electron chi connectivity index (χ3n) is 5.89. The van der Waals surface area contributed by atoms with Gasteiger partial charge in [0.15, 0.2) is 0 Å². The van der Waals surface area contributed by atoms with Gasteiger partial charge in [0, 0.05) is 23.8 Å². The van der Waals surface area contributed by atoms with Crippen molar-refractivity contribution in [2.45, 2.75) is 42.5 Å². The third-order valence-corrected chi connectivity index (χ3v) is 7.31. The van der Waals surface area contributed by atoms with Gasteiger partial charge in [-0.3, -0.25) is 4.72 Å². The third kappa shape index (κ3) is 4.47. The highest BCUT2D eigenvalue weighted by atomic mass is 32.2. The van der Waals surface area contributed by atoms with Gasteiger partial charge in [0.05, 0.1) is 11.9 Å². The van der Waals surface area contributed by atoms with Crippen LogP contribution in [-0.4, -0.2) is 38.7 Å². The van der Waals surface area contributed by atoms with E-state index in [9.17, 15) is 47.9 Å². The molecule has 1 aliphatic rings. The minimum Gasteiger partial charge on any atom is -0.346 e. The summed E-state index contributed by atoms with van der Waals surface area (Å²) < 4.78 is 144. The van der Waals surface area contributed by atoms with Gasteiger partial charge in [-0.1, -0.05) is 44.2 Å². The van der Waals surface area contributed by atoms with Gasteiger partial charge in [-0.2, -0.15) is 53.0 Å². The number of alkyl halides is 9. The zero-order chi connectivity index (χ0) is 28.9. The van der Waals surface area contributed by atoms with Crippen LogP contribution in [0.3, 0.4) is 0 Å². The Morgan fingerprint density at radius 2 is 1.42 bits per heavy atom. The summed E-state index contributed by atoms with van der Waals surface area (Å²) in [6, 6.07) is 11.4. The molecule has 6 nitrogen and oxygen atoms in total. The van der Waals surface area contributed by atoms with Crippen molar-refractivity contribution in [1.82, 2.24) is 0 Å². The molecule has 0 bridgehead atoms. The normalized spacial score (nSPS) is 17.8. The van der Waals surface area contributed by atoms with Crippen LogP contribution in [0.2, 0.25) is 0 Å². The van der Waals surface area contributed by atoms with Crippen molar-refractivity contribution in [2.75, 3.05) is 16.7 Å². The van der Waals surface area contributed by atoms with E-state index >= 15 is 0 Å². The van der Waals surface area contributed by atoms with Crippen LogP contribution in [0.5, 0.6) is 0 Å². The number of nitrogens with one attached hydrogen (secondary N) is 1. The molecule has 38 heavy (non-hydrogen) atoms. The number of allylic oxidation sites excluding steroid dienone is 1. The first-order valence-electron chi connectivity index (χ1n) is 10.5. The Morgan fingerprint density at radius 3 is 2.00 bits per heavy atom. The first-order chi connectivity index (χ1) is 17.2. The van der Waals surface area contributed by atoms with Gasteiger partial charge in [0.2, 0.25) is 0 Å². The van der Waals surface area contributed by atoms with Crippen LogP contribution in [-0.2, 0) is 15.4 Å². The fraction of sp³-hybridized carbons (Fsp3) is 0.364. The molecule has 0 saturated heterocycles. The molecule has 2 aromatic carbocycles. The van der Waals surface area contributed by atoms with Crippen LogP contribution in [0.15, 0.2) is 70.7 Å². The number of para-hydroxylation sites is 2. The Hall–Kier alpha value is -3.30. The van der Waals surface area contributed by atoms with E-state index in [1.54, 1.807) is 11.9 Å². The Bertz CT molecular complexity index is 1390. The number of rotatable bonds is 7. The lowest BCUT2D eigenvalue weighted by molar-refractivity contribution is -0.382. The number of likely N-dealkylation sites (N-methyl/N-ethyl adjacent to an activating group) is 1. The lowest BCUT2D eigenvalue weighted by atomic mass is 9.84. The van der Waals surface area contributed by atoms with Crippen LogP contribution in [0.25, 0.3) is 0 Å². The first kappa shape index (κ1) is 29.3. The van der Waals surface area contributed by atoms with Gasteiger partial charge in [0.1, 0.15) is 5.69 Å².